The number of halogens is 1. The molecular formula is C19H28ClN3O3. The van der Waals surface area contributed by atoms with Crippen LogP contribution in [0.15, 0.2) is 24.3 Å². The average molecular weight is 382 g/mol. The molecule has 1 atom stereocenters. The first-order chi connectivity index (χ1) is 12.0. The molecule has 1 aromatic rings. The summed E-state index contributed by atoms with van der Waals surface area (Å²) in [6, 6.07) is 7.65. The van der Waals surface area contributed by atoms with Crippen molar-refractivity contribution in [2.45, 2.75) is 44.2 Å². The second-order valence-electron chi connectivity index (χ2n) is 7.20. The second-order valence-corrected chi connectivity index (χ2v) is 7.20. The summed E-state index contributed by atoms with van der Waals surface area (Å²) in [5.74, 6) is 0.509. The Morgan fingerprint density at radius 1 is 1.31 bits per heavy atom. The highest BCUT2D eigenvalue weighted by Gasteiger charge is 2.39. The molecule has 7 heteroatoms. The fourth-order valence-corrected chi connectivity index (χ4v) is 3.85. The summed E-state index contributed by atoms with van der Waals surface area (Å²) < 4.78 is 5.15. The highest BCUT2D eigenvalue weighted by Crippen LogP contribution is 2.30. The molecule has 2 aliphatic rings. The van der Waals surface area contributed by atoms with E-state index in [0.717, 1.165) is 37.0 Å². The molecule has 3 rings (SSSR count). The lowest BCUT2D eigenvalue weighted by atomic mass is 9.96. The van der Waals surface area contributed by atoms with Crippen molar-refractivity contribution in [3.05, 3.63) is 29.8 Å². The maximum Gasteiger partial charge on any atom is 0.225 e. The minimum Gasteiger partial charge on any atom is -0.497 e. The van der Waals surface area contributed by atoms with Crippen LogP contribution in [0.4, 0.5) is 0 Å². The van der Waals surface area contributed by atoms with Crippen molar-refractivity contribution >= 4 is 24.2 Å². The summed E-state index contributed by atoms with van der Waals surface area (Å²) in [4.78, 5) is 26.7. The van der Waals surface area contributed by atoms with Crippen molar-refractivity contribution in [1.82, 2.24) is 10.2 Å². The predicted molar refractivity (Wildman–Crippen MR) is 102 cm³/mol. The second kappa shape index (κ2) is 8.73. The highest BCUT2D eigenvalue weighted by atomic mass is 35.5. The van der Waals surface area contributed by atoms with Crippen LogP contribution in [-0.4, -0.2) is 42.5 Å². The first-order valence-electron chi connectivity index (χ1n) is 8.98. The predicted octanol–water partition coefficient (Wildman–Crippen LogP) is 1.85. The molecule has 2 amide bonds. The third-order valence-electron chi connectivity index (χ3n) is 5.46. The van der Waals surface area contributed by atoms with Gasteiger partial charge in [0.05, 0.1) is 18.6 Å². The van der Waals surface area contributed by atoms with Gasteiger partial charge in [0.2, 0.25) is 11.8 Å². The quantitative estimate of drug-likeness (QED) is 0.787. The van der Waals surface area contributed by atoms with Gasteiger partial charge in [0.1, 0.15) is 5.75 Å². The average Bonchev–Trinajstić information content (AvgIpc) is 3.23. The zero-order valence-electron chi connectivity index (χ0n) is 15.2. The number of nitrogens with two attached hydrogens (primary N) is 1. The van der Waals surface area contributed by atoms with Crippen LogP contribution < -0.4 is 15.8 Å². The number of likely N-dealkylation sites (tertiary alicyclic amines) is 1. The van der Waals surface area contributed by atoms with Crippen LogP contribution in [0.3, 0.4) is 0 Å². The van der Waals surface area contributed by atoms with Gasteiger partial charge in [0.25, 0.3) is 0 Å². The van der Waals surface area contributed by atoms with Crippen LogP contribution in [0.2, 0.25) is 0 Å². The number of carbonyl (C=O) groups is 2. The van der Waals surface area contributed by atoms with Crippen LogP contribution in [0.1, 0.15) is 37.7 Å². The van der Waals surface area contributed by atoms with Gasteiger partial charge in [-0.15, -0.1) is 12.4 Å². The maximum atomic E-state index is 12.6. The lowest BCUT2D eigenvalue weighted by Crippen LogP contribution is -2.53. The van der Waals surface area contributed by atoms with E-state index < -0.39 is 0 Å². The fourth-order valence-electron chi connectivity index (χ4n) is 3.85. The standard InChI is InChI=1S/C19H27N3O3.ClH/c1-25-16-6-4-14(5-7-16)11-22-12-15(10-17(22)23)18(24)21-19(13-20)8-2-3-9-19;/h4-7,15H,2-3,8-13,20H2,1H3,(H,21,24);1H. The van der Waals surface area contributed by atoms with E-state index in [1.54, 1.807) is 12.0 Å². The van der Waals surface area contributed by atoms with Crippen LogP contribution >= 0.6 is 12.4 Å². The minimum absolute atomic E-state index is 0. The summed E-state index contributed by atoms with van der Waals surface area (Å²) in [6.07, 6.45) is 4.36. The van der Waals surface area contributed by atoms with Crippen LogP contribution in [0.25, 0.3) is 0 Å². The number of hydrogen-bond acceptors (Lipinski definition) is 4. The van der Waals surface area contributed by atoms with E-state index >= 15 is 0 Å². The molecule has 3 N–H and O–H groups in total. The summed E-state index contributed by atoms with van der Waals surface area (Å²) in [5.41, 5.74) is 6.67. The Hall–Kier alpha value is -1.79. The number of carbonyl (C=O) groups excluding carboxylic acids is 2. The Kier molecular flexibility index (Phi) is 6.89. The van der Waals surface area contributed by atoms with Gasteiger partial charge in [-0.05, 0) is 30.5 Å². The van der Waals surface area contributed by atoms with E-state index in [2.05, 4.69) is 5.32 Å². The zero-order chi connectivity index (χ0) is 17.9. The molecule has 1 aromatic carbocycles. The van der Waals surface area contributed by atoms with Gasteiger partial charge in [-0.1, -0.05) is 25.0 Å². The smallest absolute Gasteiger partial charge is 0.225 e. The van der Waals surface area contributed by atoms with Crippen LogP contribution in [-0.2, 0) is 16.1 Å². The molecule has 2 fully saturated rings. The van der Waals surface area contributed by atoms with Gasteiger partial charge in [-0.2, -0.15) is 0 Å². The SMILES string of the molecule is COc1ccc(CN2CC(C(=O)NC3(CN)CCCC3)CC2=O)cc1.Cl. The van der Waals surface area contributed by atoms with Gasteiger partial charge < -0.3 is 20.7 Å². The number of ether oxygens (including phenoxy) is 1. The van der Waals surface area contributed by atoms with E-state index in [-0.39, 0.29) is 42.1 Å². The molecule has 1 heterocycles. The van der Waals surface area contributed by atoms with E-state index in [9.17, 15) is 9.59 Å². The lowest BCUT2D eigenvalue weighted by molar-refractivity contribution is -0.129. The molecule has 144 valence electrons. The van der Waals surface area contributed by atoms with Gasteiger partial charge in [0, 0.05) is 26.1 Å². The maximum absolute atomic E-state index is 12.6. The highest BCUT2D eigenvalue weighted by molar-refractivity contribution is 5.89. The molecule has 0 radical (unpaired) electrons. The number of benzene rings is 1. The molecular weight excluding hydrogens is 354 g/mol. The monoisotopic (exact) mass is 381 g/mol. The zero-order valence-corrected chi connectivity index (χ0v) is 16.0. The molecule has 26 heavy (non-hydrogen) atoms. The minimum atomic E-state index is -0.283. The molecule has 1 aliphatic carbocycles. The number of nitrogens with zero attached hydrogens (tertiary/aromatic N) is 1. The van der Waals surface area contributed by atoms with E-state index in [4.69, 9.17) is 10.5 Å². The van der Waals surface area contributed by atoms with Gasteiger partial charge in [0.15, 0.2) is 0 Å². The molecule has 0 spiro atoms. The van der Waals surface area contributed by atoms with Gasteiger partial charge in [-0.3, -0.25) is 9.59 Å². The molecule has 1 aliphatic heterocycles. The Labute approximate surface area is 160 Å². The van der Waals surface area contributed by atoms with Crippen LogP contribution in [0.5, 0.6) is 5.75 Å². The molecule has 1 saturated heterocycles. The van der Waals surface area contributed by atoms with Crippen LogP contribution in [0, 0.1) is 5.92 Å². The summed E-state index contributed by atoms with van der Waals surface area (Å²) in [5, 5.41) is 3.14. The lowest BCUT2D eigenvalue weighted by Gasteiger charge is -2.30. The summed E-state index contributed by atoms with van der Waals surface area (Å²) >= 11 is 0. The third kappa shape index (κ3) is 4.48. The summed E-state index contributed by atoms with van der Waals surface area (Å²) in [7, 11) is 1.63. The topological polar surface area (TPSA) is 84.7 Å². The van der Waals surface area contributed by atoms with E-state index in [0.29, 0.717) is 19.6 Å². The Balaban J connectivity index is 0.00000243. The Bertz CT molecular complexity index is 629. The van der Waals surface area contributed by atoms with Crippen molar-refractivity contribution in [2.24, 2.45) is 11.7 Å². The van der Waals surface area contributed by atoms with Crippen molar-refractivity contribution < 1.29 is 14.3 Å². The normalized spacial score (nSPS) is 21.4. The van der Waals surface area contributed by atoms with Crippen molar-refractivity contribution in [3.8, 4) is 5.75 Å². The largest absolute Gasteiger partial charge is 0.497 e. The Morgan fingerprint density at radius 2 is 1.96 bits per heavy atom. The molecule has 0 aromatic heterocycles. The van der Waals surface area contributed by atoms with Crippen molar-refractivity contribution in [2.75, 3.05) is 20.2 Å². The van der Waals surface area contributed by atoms with Gasteiger partial charge in [-0.25, -0.2) is 0 Å². The van der Waals surface area contributed by atoms with E-state index in [1.807, 2.05) is 24.3 Å². The molecule has 1 saturated carbocycles. The van der Waals surface area contributed by atoms with Gasteiger partial charge >= 0.3 is 0 Å². The number of nitrogens with one attached hydrogen (secondary N) is 1. The molecule has 6 nitrogen and oxygen atoms in total. The third-order valence-corrected chi connectivity index (χ3v) is 5.46. The van der Waals surface area contributed by atoms with Crippen molar-refractivity contribution in [3.63, 3.8) is 0 Å². The molecule has 1 unspecified atom stereocenters. The Morgan fingerprint density at radius 3 is 2.54 bits per heavy atom. The number of hydrogen-bond donors (Lipinski definition) is 2. The number of methoxy groups -OCH3 is 1. The number of rotatable bonds is 6. The first-order valence-corrected chi connectivity index (χ1v) is 8.98. The first kappa shape index (κ1) is 20.5. The van der Waals surface area contributed by atoms with E-state index in [1.165, 1.54) is 0 Å². The fraction of sp³-hybridized carbons (Fsp3) is 0.579. The number of amides is 2. The molecule has 0 bridgehead atoms. The summed E-state index contributed by atoms with van der Waals surface area (Å²) in [6.45, 7) is 1.46. The van der Waals surface area contributed by atoms with Crippen molar-refractivity contribution in [1.29, 1.82) is 0 Å².